The fourth-order valence-electron chi connectivity index (χ4n) is 3.03. The van der Waals surface area contributed by atoms with E-state index < -0.39 is 0 Å². The lowest BCUT2D eigenvalue weighted by molar-refractivity contribution is 0.411. The first-order valence-corrected chi connectivity index (χ1v) is 7.17. The molecule has 2 aromatic rings. The van der Waals surface area contributed by atoms with Crippen molar-refractivity contribution in [3.8, 4) is 0 Å². The van der Waals surface area contributed by atoms with Gasteiger partial charge in [0.15, 0.2) is 0 Å². The van der Waals surface area contributed by atoms with Crippen molar-refractivity contribution in [1.29, 1.82) is 0 Å². The zero-order valence-corrected chi connectivity index (χ0v) is 11.9. The standard InChI is InChI=1S/C16H20FN3/c1-11(12-6-8-13(17)9-7-12)19-15-4-3-5-16-14(15)10-18-20(16)2/h6-11,15,19H,3-5H2,1-2H3. The Morgan fingerprint density at radius 3 is 2.85 bits per heavy atom. The third kappa shape index (κ3) is 2.48. The van der Waals surface area contributed by atoms with Crippen molar-refractivity contribution < 1.29 is 4.39 Å². The molecule has 0 radical (unpaired) electrons. The summed E-state index contributed by atoms with van der Waals surface area (Å²) in [6.07, 6.45) is 5.39. The van der Waals surface area contributed by atoms with Gasteiger partial charge in [-0.05, 0) is 43.9 Å². The van der Waals surface area contributed by atoms with Gasteiger partial charge in [0.1, 0.15) is 5.82 Å². The molecule has 1 N–H and O–H groups in total. The summed E-state index contributed by atoms with van der Waals surface area (Å²) < 4.78 is 15.0. The van der Waals surface area contributed by atoms with E-state index in [0.717, 1.165) is 18.4 Å². The molecule has 0 saturated carbocycles. The van der Waals surface area contributed by atoms with Crippen LogP contribution in [-0.2, 0) is 13.5 Å². The number of halogens is 1. The maximum atomic E-state index is 13.0. The molecule has 1 aromatic heterocycles. The van der Waals surface area contributed by atoms with Gasteiger partial charge in [0.25, 0.3) is 0 Å². The maximum absolute atomic E-state index is 13.0. The number of hydrogen-bond donors (Lipinski definition) is 1. The van der Waals surface area contributed by atoms with Gasteiger partial charge in [0, 0.05) is 30.4 Å². The molecule has 0 saturated heterocycles. The first-order valence-electron chi connectivity index (χ1n) is 7.17. The Balaban J connectivity index is 1.77. The van der Waals surface area contributed by atoms with E-state index >= 15 is 0 Å². The summed E-state index contributed by atoms with van der Waals surface area (Å²) in [5.74, 6) is -0.187. The maximum Gasteiger partial charge on any atom is 0.123 e. The summed E-state index contributed by atoms with van der Waals surface area (Å²) in [5.41, 5.74) is 3.76. The Bertz CT molecular complexity index is 588. The fourth-order valence-corrected chi connectivity index (χ4v) is 3.03. The van der Waals surface area contributed by atoms with Crippen LogP contribution in [0.1, 0.15) is 48.7 Å². The van der Waals surface area contributed by atoms with Crippen molar-refractivity contribution in [3.05, 3.63) is 53.1 Å². The van der Waals surface area contributed by atoms with Crippen LogP contribution < -0.4 is 5.32 Å². The van der Waals surface area contributed by atoms with Crippen LogP contribution in [0.5, 0.6) is 0 Å². The lowest BCUT2D eigenvalue weighted by atomic mass is 9.92. The van der Waals surface area contributed by atoms with Crippen molar-refractivity contribution in [2.24, 2.45) is 7.05 Å². The number of nitrogens with zero attached hydrogens (tertiary/aromatic N) is 2. The van der Waals surface area contributed by atoms with Gasteiger partial charge in [-0.1, -0.05) is 12.1 Å². The smallest absolute Gasteiger partial charge is 0.123 e. The van der Waals surface area contributed by atoms with Crippen LogP contribution in [0, 0.1) is 5.82 Å². The van der Waals surface area contributed by atoms with Gasteiger partial charge in [-0.2, -0.15) is 5.10 Å². The normalized spacial score (nSPS) is 19.6. The van der Waals surface area contributed by atoms with Crippen molar-refractivity contribution in [2.75, 3.05) is 0 Å². The Labute approximate surface area is 118 Å². The highest BCUT2D eigenvalue weighted by atomic mass is 19.1. The fraction of sp³-hybridized carbons (Fsp3) is 0.438. The van der Waals surface area contributed by atoms with Gasteiger partial charge < -0.3 is 5.32 Å². The SMILES string of the molecule is CC(NC1CCCc2c1cnn2C)c1ccc(F)cc1. The van der Waals surface area contributed by atoms with E-state index in [-0.39, 0.29) is 11.9 Å². The topological polar surface area (TPSA) is 29.9 Å². The lowest BCUT2D eigenvalue weighted by Gasteiger charge is -2.27. The van der Waals surface area contributed by atoms with Gasteiger partial charge in [-0.25, -0.2) is 4.39 Å². The van der Waals surface area contributed by atoms with E-state index in [1.54, 1.807) is 0 Å². The van der Waals surface area contributed by atoms with E-state index in [4.69, 9.17) is 0 Å². The van der Waals surface area contributed by atoms with Crippen LogP contribution in [0.3, 0.4) is 0 Å². The van der Waals surface area contributed by atoms with Crippen molar-refractivity contribution in [2.45, 2.75) is 38.3 Å². The molecule has 3 nitrogen and oxygen atoms in total. The molecule has 20 heavy (non-hydrogen) atoms. The van der Waals surface area contributed by atoms with E-state index in [9.17, 15) is 4.39 Å². The Kier molecular flexibility index (Phi) is 3.57. The molecule has 1 heterocycles. The van der Waals surface area contributed by atoms with E-state index in [1.807, 2.05) is 30.1 Å². The number of rotatable bonds is 3. The second-order valence-corrected chi connectivity index (χ2v) is 5.55. The van der Waals surface area contributed by atoms with Crippen LogP contribution >= 0.6 is 0 Å². The molecule has 1 aromatic carbocycles. The second kappa shape index (κ2) is 5.37. The Morgan fingerprint density at radius 2 is 2.10 bits per heavy atom. The molecule has 1 aliphatic rings. The molecule has 0 bridgehead atoms. The predicted molar refractivity (Wildman–Crippen MR) is 76.8 cm³/mol. The minimum Gasteiger partial charge on any atom is -0.303 e. The first kappa shape index (κ1) is 13.3. The molecule has 2 atom stereocenters. The Hall–Kier alpha value is -1.68. The molecular weight excluding hydrogens is 253 g/mol. The largest absolute Gasteiger partial charge is 0.303 e. The number of hydrogen-bond acceptors (Lipinski definition) is 2. The van der Waals surface area contributed by atoms with Gasteiger partial charge in [0.05, 0.1) is 6.20 Å². The summed E-state index contributed by atoms with van der Waals surface area (Å²) in [7, 11) is 2.00. The average molecular weight is 273 g/mol. The van der Waals surface area contributed by atoms with Crippen LogP contribution in [0.15, 0.2) is 30.5 Å². The monoisotopic (exact) mass is 273 g/mol. The van der Waals surface area contributed by atoms with Gasteiger partial charge in [-0.15, -0.1) is 0 Å². The zero-order valence-electron chi connectivity index (χ0n) is 11.9. The third-order valence-electron chi connectivity index (χ3n) is 4.20. The molecule has 1 aliphatic carbocycles. The molecule has 3 rings (SSSR count). The summed E-state index contributed by atoms with van der Waals surface area (Å²) >= 11 is 0. The summed E-state index contributed by atoms with van der Waals surface area (Å²) in [5, 5.41) is 8.02. The highest BCUT2D eigenvalue weighted by Crippen LogP contribution is 2.31. The molecule has 0 aliphatic heterocycles. The zero-order chi connectivity index (χ0) is 14.1. The quantitative estimate of drug-likeness (QED) is 0.930. The summed E-state index contributed by atoms with van der Waals surface area (Å²) in [6, 6.07) is 7.27. The highest BCUT2D eigenvalue weighted by molar-refractivity contribution is 5.26. The van der Waals surface area contributed by atoms with Crippen molar-refractivity contribution in [1.82, 2.24) is 15.1 Å². The minimum absolute atomic E-state index is 0.187. The second-order valence-electron chi connectivity index (χ2n) is 5.55. The van der Waals surface area contributed by atoms with E-state index in [0.29, 0.717) is 6.04 Å². The average Bonchev–Trinajstić information content (AvgIpc) is 2.82. The number of nitrogens with one attached hydrogen (secondary N) is 1. The molecule has 0 spiro atoms. The first-order chi connectivity index (χ1) is 9.65. The molecule has 0 fully saturated rings. The number of benzene rings is 1. The van der Waals surface area contributed by atoms with Crippen LogP contribution in [0.4, 0.5) is 4.39 Å². The summed E-state index contributed by atoms with van der Waals surface area (Å²) in [4.78, 5) is 0. The number of aromatic nitrogens is 2. The van der Waals surface area contributed by atoms with Crippen molar-refractivity contribution in [3.63, 3.8) is 0 Å². The van der Waals surface area contributed by atoms with Gasteiger partial charge >= 0.3 is 0 Å². The minimum atomic E-state index is -0.187. The molecule has 2 unspecified atom stereocenters. The molecule has 4 heteroatoms. The highest BCUT2D eigenvalue weighted by Gasteiger charge is 2.24. The van der Waals surface area contributed by atoms with Crippen LogP contribution in [0.2, 0.25) is 0 Å². The number of fused-ring (bicyclic) bond motifs is 1. The van der Waals surface area contributed by atoms with Crippen LogP contribution in [0.25, 0.3) is 0 Å². The Morgan fingerprint density at radius 1 is 1.35 bits per heavy atom. The molecular formula is C16H20FN3. The molecule has 106 valence electrons. The van der Waals surface area contributed by atoms with Gasteiger partial charge in [0.2, 0.25) is 0 Å². The summed E-state index contributed by atoms with van der Waals surface area (Å²) in [6.45, 7) is 2.12. The van der Waals surface area contributed by atoms with E-state index in [1.165, 1.54) is 29.8 Å². The predicted octanol–water partition coefficient (Wildman–Crippen LogP) is 3.29. The molecule has 0 amide bonds. The third-order valence-corrected chi connectivity index (χ3v) is 4.20. The number of aryl methyl sites for hydroxylation is 1. The van der Waals surface area contributed by atoms with Crippen LogP contribution in [-0.4, -0.2) is 9.78 Å². The van der Waals surface area contributed by atoms with Crippen molar-refractivity contribution >= 4 is 0 Å². The van der Waals surface area contributed by atoms with Gasteiger partial charge in [-0.3, -0.25) is 4.68 Å². The lowest BCUT2D eigenvalue weighted by Crippen LogP contribution is -2.27. The van der Waals surface area contributed by atoms with E-state index in [2.05, 4.69) is 17.3 Å².